The van der Waals surface area contributed by atoms with Crippen molar-refractivity contribution in [3.8, 4) is 0 Å². The largest absolute Gasteiger partial charge is 0.411 e. The van der Waals surface area contributed by atoms with E-state index in [1.807, 2.05) is 0 Å². The van der Waals surface area contributed by atoms with Gasteiger partial charge < -0.3 is 5.21 Å². The topological polar surface area (TPSA) is 75.7 Å². The van der Waals surface area contributed by atoms with Gasteiger partial charge in [0.2, 0.25) is 0 Å². The second kappa shape index (κ2) is 4.95. The monoisotopic (exact) mass is 248 g/mol. The molecule has 1 aromatic carbocycles. The van der Waals surface area contributed by atoms with E-state index in [1.54, 1.807) is 0 Å². The highest BCUT2D eigenvalue weighted by Gasteiger charge is 2.14. The number of hydrogen-bond acceptors (Lipinski definition) is 4. The Labute approximate surface area is 95.1 Å². The second-order valence-electron chi connectivity index (χ2n) is 2.59. The van der Waals surface area contributed by atoms with Gasteiger partial charge in [-0.05, 0) is 12.1 Å². The minimum atomic E-state index is -0.989. The third kappa shape index (κ3) is 2.81. The fourth-order valence-corrected chi connectivity index (χ4v) is 1.32. The number of benzene rings is 1. The molecule has 0 radical (unpaired) electrons. The van der Waals surface area contributed by atoms with Crippen LogP contribution in [0.25, 0.3) is 0 Å². The molecule has 1 N–H and O–H groups in total. The highest BCUT2D eigenvalue weighted by atomic mass is 35.5. The molecular formula is C8H6Cl2N2O3. The molecular weight excluding hydrogens is 243 g/mol. The van der Waals surface area contributed by atoms with Crippen molar-refractivity contribution in [3.63, 3.8) is 0 Å². The first-order valence-corrected chi connectivity index (χ1v) is 4.68. The second-order valence-corrected chi connectivity index (χ2v) is 3.69. The molecule has 7 heteroatoms. The minimum Gasteiger partial charge on any atom is -0.411 e. The number of rotatable bonds is 3. The number of nitrogens with zero attached hydrogens (tertiary/aromatic N) is 2. The van der Waals surface area contributed by atoms with Crippen LogP contribution < -0.4 is 0 Å². The molecule has 0 atom stereocenters. The molecule has 0 aromatic heterocycles. The van der Waals surface area contributed by atoms with Crippen LogP contribution in [0, 0.1) is 10.1 Å². The van der Waals surface area contributed by atoms with Crippen LogP contribution in [0.4, 0.5) is 5.69 Å². The molecule has 0 fully saturated rings. The molecule has 1 rings (SSSR count). The van der Waals surface area contributed by atoms with Crippen LogP contribution in [-0.2, 0) is 0 Å². The molecule has 0 aliphatic carbocycles. The number of halogens is 2. The quantitative estimate of drug-likeness (QED) is 0.294. The van der Waals surface area contributed by atoms with E-state index in [4.69, 9.17) is 28.4 Å². The van der Waals surface area contributed by atoms with E-state index in [1.165, 1.54) is 24.3 Å². The lowest BCUT2D eigenvalue weighted by atomic mass is 10.1. The van der Waals surface area contributed by atoms with Crippen LogP contribution in [0.3, 0.4) is 0 Å². The van der Waals surface area contributed by atoms with Crippen LogP contribution in [0.2, 0.25) is 0 Å². The molecule has 0 spiro atoms. The van der Waals surface area contributed by atoms with Gasteiger partial charge >= 0.3 is 0 Å². The van der Waals surface area contributed by atoms with E-state index in [0.717, 1.165) is 0 Å². The predicted octanol–water partition coefficient (Wildman–Crippen LogP) is 2.58. The van der Waals surface area contributed by atoms with Crippen molar-refractivity contribution in [2.45, 2.75) is 4.84 Å². The molecule has 0 heterocycles. The molecule has 0 amide bonds. The summed E-state index contributed by atoms with van der Waals surface area (Å²) < 4.78 is 0. The fraction of sp³-hybridized carbons (Fsp3) is 0.125. The van der Waals surface area contributed by atoms with E-state index in [2.05, 4.69) is 5.16 Å². The number of nitro benzene ring substituents is 1. The summed E-state index contributed by atoms with van der Waals surface area (Å²) in [7, 11) is 0. The lowest BCUT2D eigenvalue weighted by Gasteiger charge is -2.03. The third-order valence-corrected chi connectivity index (χ3v) is 2.10. The van der Waals surface area contributed by atoms with Crippen molar-refractivity contribution < 1.29 is 10.1 Å². The molecule has 15 heavy (non-hydrogen) atoms. The number of alkyl halides is 2. The van der Waals surface area contributed by atoms with Crippen LogP contribution >= 0.6 is 23.2 Å². The maximum atomic E-state index is 10.4. The van der Waals surface area contributed by atoms with Crippen molar-refractivity contribution in [1.29, 1.82) is 0 Å². The van der Waals surface area contributed by atoms with Crippen molar-refractivity contribution >= 4 is 34.6 Å². The van der Waals surface area contributed by atoms with Crippen LogP contribution in [0.1, 0.15) is 5.56 Å². The van der Waals surface area contributed by atoms with Gasteiger partial charge in [0.05, 0.1) is 4.92 Å². The van der Waals surface area contributed by atoms with E-state index in [0.29, 0.717) is 5.56 Å². The SMILES string of the molecule is O=[N+]([O-])c1ccc(/C(=N/O)C(Cl)Cl)cc1. The zero-order valence-corrected chi connectivity index (χ0v) is 8.81. The lowest BCUT2D eigenvalue weighted by molar-refractivity contribution is -0.384. The van der Waals surface area contributed by atoms with Crippen molar-refractivity contribution in [1.82, 2.24) is 0 Å². The summed E-state index contributed by atoms with van der Waals surface area (Å²) in [5, 5.41) is 21.9. The normalized spacial score (nSPS) is 11.8. The summed E-state index contributed by atoms with van der Waals surface area (Å²) in [6, 6.07) is 5.36. The molecule has 80 valence electrons. The number of oxime groups is 1. The van der Waals surface area contributed by atoms with Crippen molar-refractivity contribution in [2.75, 3.05) is 0 Å². The van der Waals surface area contributed by atoms with E-state index in [-0.39, 0.29) is 11.4 Å². The standard InChI is InChI=1S/C8H6Cl2N2O3/c9-8(10)7(11-13)5-1-3-6(4-2-5)12(14)15/h1-4,8,13H/b11-7-. The molecule has 1 aromatic rings. The molecule has 5 nitrogen and oxygen atoms in total. The Balaban J connectivity index is 3.03. The highest BCUT2D eigenvalue weighted by molar-refractivity contribution is 6.56. The summed E-state index contributed by atoms with van der Waals surface area (Å²) in [6.45, 7) is 0. The zero-order chi connectivity index (χ0) is 11.4. The average molecular weight is 249 g/mol. The fourth-order valence-electron chi connectivity index (χ4n) is 0.981. The Morgan fingerprint density at radius 1 is 1.40 bits per heavy atom. The van der Waals surface area contributed by atoms with E-state index in [9.17, 15) is 10.1 Å². The summed E-state index contributed by atoms with van der Waals surface area (Å²) in [6.07, 6.45) is 0. The van der Waals surface area contributed by atoms with E-state index >= 15 is 0 Å². The van der Waals surface area contributed by atoms with Gasteiger partial charge in [-0.2, -0.15) is 0 Å². The number of hydrogen-bond donors (Lipinski definition) is 1. The zero-order valence-electron chi connectivity index (χ0n) is 7.30. The van der Waals surface area contributed by atoms with Crippen LogP contribution in [0.15, 0.2) is 29.4 Å². The van der Waals surface area contributed by atoms with Gasteiger partial charge in [0, 0.05) is 17.7 Å². The van der Waals surface area contributed by atoms with Crippen LogP contribution in [0.5, 0.6) is 0 Å². The smallest absolute Gasteiger partial charge is 0.269 e. The van der Waals surface area contributed by atoms with Crippen molar-refractivity contribution in [2.24, 2.45) is 5.16 Å². The summed E-state index contributed by atoms with van der Waals surface area (Å²) in [5.74, 6) is 0. The minimum absolute atomic E-state index is 0.0493. The van der Waals surface area contributed by atoms with Gasteiger partial charge in [0.15, 0.2) is 4.84 Å². The molecule has 0 saturated heterocycles. The lowest BCUT2D eigenvalue weighted by Crippen LogP contribution is -2.09. The van der Waals surface area contributed by atoms with Crippen LogP contribution in [-0.4, -0.2) is 20.7 Å². The molecule has 0 unspecified atom stereocenters. The Bertz CT molecular complexity index is 389. The maximum absolute atomic E-state index is 10.4. The summed E-state index contributed by atoms with van der Waals surface area (Å²) in [5.41, 5.74) is 0.420. The highest BCUT2D eigenvalue weighted by Crippen LogP contribution is 2.17. The summed E-state index contributed by atoms with van der Waals surface area (Å²) in [4.78, 5) is 8.84. The van der Waals surface area contributed by atoms with Crippen molar-refractivity contribution in [3.05, 3.63) is 39.9 Å². The molecule has 0 bridgehead atoms. The number of nitro groups is 1. The first-order chi connectivity index (χ1) is 7.06. The maximum Gasteiger partial charge on any atom is 0.269 e. The molecule has 0 aliphatic rings. The Hall–Kier alpha value is -1.33. The molecule has 0 aliphatic heterocycles. The van der Waals surface area contributed by atoms with Gasteiger partial charge in [-0.3, -0.25) is 10.1 Å². The Morgan fingerprint density at radius 3 is 2.27 bits per heavy atom. The Morgan fingerprint density at radius 2 is 1.93 bits per heavy atom. The third-order valence-electron chi connectivity index (χ3n) is 1.69. The number of non-ortho nitro benzene ring substituents is 1. The van der Waals surface area contributed by atoms with Gasteiger partial charge in [0.25, 0.3) is 5.69 Å². The average Bonchev–Trinajstić information content (AvgIpc) is 2.19. The predicted molar refractivity (Wildman–Crippen MR) is 56.9 cm³/mol. The van der Waals surface area contributed by atoms with Gasteiger partial charge in [-0.15, -0.1) is 0 Å². The molecule has 0 saturated carbocycles. The first kappa shape index (κ1) is 11.7. The van der Waals surface area contributed by atoms with E-state index < -0.39 is 9.76 Å². The van der Waals surface area contributed by atoms with Gasteiger partial charge in [-0.1, -0.05) is 28.4 Å². The first-order valence-electron chi connectivity index (χ1n) is 3.81. The Kier molecular flexibility index (Phi) is 3.88. The summed E-state index contributed by atoms with van der Waals surface area (Å²) >= 11 is 11.0. The van der Waals surface area contributed by atoms with Gasteiger partial charge in [-0.25, -0.2) is 0 Å². The van der Waals surface area contributed by atoms with Gasteiger partial charge in [0.1, 0.15) is 5.71 Å².